The molecule has 0 aromatic rings. The van der Waals surface area contributed by atoms with Crippen molar-refractivity contribution in [1.82, 2.24) is 0 Å². The van der Waals surface area contributed by atoms with Gasteiger partial charge in [0.05, 0.1) is 0 Å². The van der Waals surface area contributed by atoms with Crippen LogP contribution in [0, 0.1) is 5.41 Å². The molecule has 48 valence electrons. The minimum absolute atomic E-state index is 0. The highest BCUT2D eigenvalue weighted by atomic mass is 35.5. The van der Waals surface area contributed by atoms with Gasteiger partial charge in [0.15, 0.2) is 0 Å². The molecule has 1 saturated carbocycles. The Morgan fingerprint density at radius 3 is 2.00 bits per heavy atom. The fourth-order valence-electron chi connectivity index (χ4n) is 0.852. The molecular weight excluding hydrogens is 124 g/mol. The lowest BCUT2D eigenvalue weighted by Gasteiger charge is -2.31. The van der Waals surface area contributed by atoms with Crippen LogP contribution in [0.25, 0.3) is 0 Å². The van der Waals surface area contributed by atoms with Crippen molar-refractivity contribution in [3.8, 4) is 0 Å². The second kappa shape index (κ2) is 2.49. The minimum Gasteiger partial charge on any atom is -0.303 e. The van der Waals surface area contributed by atoms with E-state index in [2.05, 4.69) is 0 Å². The lowest BCUT2D eigenvalue weighted by Crippen LogP contribution is -2.26. The first-order chi connectivity index (χ1) is 3.27. The topological polar surface area (TPSA) is 17.1 Å². The molecule has 1 rings (SSSR count). The van der Waals surface area contributed by atoms with E-state index in [4.69, 9.17) is 0 Å². The van der Waals surface area contributed by atoms with Crippen LogP contribution >= 0.6 is 12.4 Å². The molecular formula is C6H11ClO. The first-order valence-corrected chi connectivity index (χ1v) is 2.73. The Kier molecular flexibility index (Phi) is 2.48. The number of hydrogen-bond donors (Lipinski definition) is 0. The van der Waals surface area contributed by atoms with Gasteiger partial charge in [-0.2, -0.15) is 0 Å². The lowest BCUT2D eigenvalue weighted by molar-refractivity contribution is -0.119. The molecule has 0 spiro atoms. The first kappa shape index (κ1) is 7.96. The molecule has 2 heteroatoms. The largest absolute Gasteiger partial charge is 0.303 e. The fourth-order valence-corrected chi connectivity index (χ4v) is 0.852. The third-order valence-corrected chi connectivity index (χ3v) is 1.78. The van der Waals surface area contributed by atoms with Gasteiger partial charge in [0.25, 0.3) is 0 Å². The Hall–Kier alpha value is -0.0400. The third kappa shape index (κ3) is 1.22. The molecule has 0 heterocycles. The first-order valence-electron chi connectivity index (χ1n) is 2.73. The van der Waals surface area contributed by atoms with Crippen LogP contribution in [-0.2, 0) is 4.79 Å². The minimum atomic E-state index is 0. The van der Waals surface area contributed by atoms with Crippen molar-refractivity contribution in [3.05, 3.63) is 0 Å². The molecule has 0 unspecified atom stereocenters. The summed E-state index contributed by atoms with van der Waals surface area (Å²) in [5.41, 5.74) is 0.0833. The van der Waals surface area contributed by atoms with Gasteiger partial charge in [-0.25, -0.2) is 0 Å². The summed E-state index contributed by atoms with van der Waals surface area (Å²) in [7, 11) is 0. The van der Waals surface area contributed by atoms with Gasteiger partial charge in [-0.3, -0.25) is 0 Å². The van der Waals surface area contributed by atoms with Gasteiger partial charge in [0.1, 0.15) is 6.29 Å². The van der Waals surface area contributed by atoms with Gasteiger partial charge in [-0.1, -0.05) is 13.3 Å². The zero-order valence-corrected chi connectivity index (χ0v) is 5.83. The Morgan fingerprint density at radius 1 is 1.50 bits per heavy atom. The van der Waals surface area contributed by atoms with Crippen LogP contribution in [0.3, 0.4) is 0 Å². The molecule has 0 bridgehead atoms. The highest BCUT2D eigenvalue weighted by Gasteiger charge is 2.30. The van der Waals surface area contributed by atoms with Crippen molar-refractivity contribution in [2.24, 2.45) is 5.41 Å². The molecule has 1 fully saturated rings. The van der Waals surface area contributed by atoms with E-state index < -0.39 is 0 Å². The summed E-state index contributed by atoms with van der Waals surface area (Å²) in [6.07, 6.45) is 4.54. The number of rotatable bonds is 1. The SMILES string of the molecule is CC1(C=O)CCC1.Cl. The maximum absolute atomic E-state index is 10.1. The van der Waals surface area contributed by atoms with E-state index >= 15 is 0 Å². The average Bonchev–Trinajstić information content (AvgIpc) is 1.61. The molecule has 0 saturated heterocycles. The third-order valence-electron chi connectivity index (χ3n) is 1.78. The smallest absolute Gasteiger partial charge is 0.125 e. The van der Waals surface area contributed by atoms with Gasteiger partial charge in [0, 0.05) is 5.41 Å². The quantitative estimate of drug-likeness (QED) is 0.500. The maximum Gasteiger partial charge on any atom is 0.125 e. The second-order valence-corrected chi connectivity index (χ2v) is 2.63. The molecule has 0 aromatic carbocycles. The summed E-state index contributed by atoms with van der Waals surface area (Å²) in [6, 6.07) is 0. The van der Waals surface area contributed by atoms with Crippen LogP contribution in [0.15, 0.2) is 0 Å². The van der Waals surface area contributed by atoms with Crippen LogP contribution in [-0.4, -0.2) is 6.29 Å². The number of hydrogen-bond acceptors (Lipinski definition) is 1. The highest BCUT2D eigenvalue weighted by Crippen LogP contribution is 2.37. The van der Waals surface area contributed by atoms with Crippen LogP contribution in [0.1, 0.15) is 26.2 Å². The molecule has 0 N–H and O–H groups in total. The number of halogens is 1. The van der Waals surface area contributed by atoms with Gasteiger partial charge in [0.2, 0.25) is 0 Å². The van der Waals surface area contributed by atoms with E-state index in [1.54, 1.807) is 0 Å². The monoisotopic (exact) mass is 134 g/mol. The standard InChI is InChI=1S/C6H10O.ClH/c1-6(5-7)3-2-4-6;/h5H,2-4H2,1H3;1H. The van der Waals surface area contributed by atoms with Gasteiger partial charge >= 0.3 is 0 Å². The molecule has 0 aromatic heterocycles. The fraction of sp³-hybridized carbons (Fsp3) is 0.833. The average molecular weight is 135 g/mol. The highest BCUT2D eigenvalue weighted by molar-refractivity contribution is 5.85. The van der Waals surface area contributed by atoms with Crippen LogP contribution in [0.2, 0.25) is 0 Å². The van der Waals surface area contributed by atoms with Crippen molar-refractivity contribution in [3.63, 3.8) is 0 Å². The zero-order chi connectivity index (χ0) is 5.33. The summed E-state index contributed by atoms with van der Waals surface area (Å²) < 4.78 is 0. The molecule has 8 heavy (non-hydrogen) atoms. The van der Waals surface area contributed by atoms with E-state index in [-0.39, 0.29) is 17.8 Å². The Balaban J connectivity index is 0.000000490. The summed E-state index contributed by atoms with van der Waals surface area (Å²) in [5, 5.41) is 0. The molecule has 0 radical (unpaired) electrons. The van der Waals surface area contributed by atoms with Crippen molar-refractivity contribution >= 4 is 18.7 Å². The molecule has 0 amide bonds. The van der Waals surface area contributed by atoms with E-state index in [1.165, 1.54) is 6.42 Å². The van der Waals surface area contributed by atoms with Crippen LogP contribution < -0.4 is 0 Å². The van der Waals surface area contributed by atoms with Crippen LogP contribution in [0.5, 0.6) is 0 Å². The van der Waals surface area contributed by atoms with Crippen molar-refractivity contribution < 1.29 is 4.79 Å². The summed E-state index contributed by atoms with van der Waals surface area (Å²) >= 11 is 0. The van der Waals surface area contributed by atoms with Gasteiger partial charge in [-0.05, 0) is 12.8 Å². The summed E-state index contributed by atoms with van der Waals surface area (Å²) in [6.45, 7) is 2.02. The van der Waals surface area contributed by atoms with Crippen molar-refractivity contribution in [2.45, 2.75) is 26.2 Å². The maximum atomic E-state index is 10.1. The van der Waals surface area contributed by atoms with E-state index in [0.29, 0.717) is 0 Å². The normalized spacial score (nSPS) is 22.6. The van der Waals surface area contributed by atoms with Crippen molar-refractivity contribution in [1.29, 1.82) is 0 Å². The van der Waals surface area contributed by atoms with Crippen LogP contribution in [0.4, 0.5) is 0 Å². The lowest BCUT2D eigenvalue weighted by atomic mass is 9.72. The molecule has 0 aliphatic heterocycles. The summed E-state index contributed by atoms with van der Waals surface area (Å²) in [4.78, 5) is 10.1. The van der Waals surface area contributed by atoms with E-state index in [0.717, 1.165) is 19.1 Å². The molecule has 1 nitrogen and oxygen atoms in total. The Labute approximate surface area is 55.9 Å². The molecule has 1 aliphatic rings. The van der Waals surface area contributed by atoms with Gasteiger partial charge < -0.3 is 4.79 Å². The van der Waals surface area contributed by atoms with Gasteiger partial charge in [-0.15, -0.1) is 12.4 Å². The van der Waals surface area contributed by atoms with E-state index in [9.17, 15) is 4.79 Å². The van der Waals surface area contributed by atoms with Crippen molar-refractivity contribution in [2.75, 3.05) is 0 Å². The molecule has 0 atom stereocenters. The zero-order valence-electron chi connectivity index (χ0n) is 5.02. The number of carbonyl (C=O) groups is 1. The number of aldehydes is 1. The van der Waals surface area contributed by atoms with E-state index in [1.807, 2.05) is 6.92 Å². The summed E-state index contributed by atoms with van der Waals surface area (Å²) in [5.74, 6) is 0. The predicted molar refractivity (Wildman–Crippen MR) is 35.3 cm³/mol. The number of carbonyl (C=O) groups excluding carboxylic acids is 1. The Morgan fingerprint density at radius 2 is 2.00 bits per heavy atom. The molecule has 1 aliphatic carbocycles. The Bertz CT molecular complexity index is 86.5. The predicted octanol–water partition coefficient (Wildman–Crippen LogP) is 1.80. The second-order valence-electron chi connectivity index (χ2n) is 2.63.